The minimum Gasteiger partial charge on any atom is -0.458 e. The molecule has 0 aliphatic carbocycles. The molecule has 0 fully saturated rings. The van der Waals surface area contributed by atoms with Gasteiger partial charge in [0.25, 0.3) is 6.71 Å². The second-order valence-electron chi connectivity index (χ2n) is 8.22. The van der Waals surface area contributed by atoms with E-state index in [1.807, 2.05) is 6.07 Å². The molecule has 3 aliphatic rings. The highest BCUT2D eigenvalue weighted by atomic mass is 16.5. The van der Waals surface area contributed by atoms with Gasteiger partial charge in [0.05, 0.1) is 11.0 Å². The zero-order chi connectivity index (χ0) is 18.9. The van der Waals surface area contributed by atoms with Crippen LogP contribution in [0.1, 0.15) is 5.56 Å². The Balaban J connectivity index is 1.68. The van der Waals surface area contributed by atoms with Crippen molar-refractivity contribution in [2.75, 3.05) is 0 Å². The van der Waals surface area contributed by atoms with Crippen molar-refractivity contribution in [1.29, 1.82) is 0 Å². The Kier molecular flexibility index (Phi) is 2.22. The molecule has 0 saturated carbocycles. The topological polar surface area (TPSA) is 23.4 Å². The van der Waals surface area contributed by atoms with Gasteiger partial charge in [0.2, 0.25) is 0 Å². The van der Waals surface area contributed by atoms with Crippen LogP contribution in [0.2, 0.25) is 0 Å². The first-order valence-corrected chi connectivity index (χ1v) is 9.99. The predicted molar refractivity (Wildman–Crippen MR) is 117 cm³/mol. The minimum atomic E-state index is 0.145. The third-order valence-corrected chi connectivity index (χ3v) is 6.70. The molecule has 0 unspecified atom stereocenters. The number of aryl methyl sites for hydroxylation is 1. The number of ether oxygens (including phenoxy) is 2. The van der Waals surface area contributed by atoms with Crippen molar-refractivity contribution in [3.05, 3.63) is 72.3 Å². The number of aromatic nitrogens is 1. The van der Waals surface area contributed by atoms with Gasteiger partial charge in [0.1, 0.15) is 23.0 Å². The summed E-state index contributed by atoms with van der Waals surface area (Å²) < 4.78 is 15.2. The first kappa shape index (κ1) is 14.4. The maximum atomic E-state index is 6.40. The molecule has 0 spiro atoms. The Labute approximate surface area is 167 Å². The standard InChI is InChI=1S/C25H14BNO2/c1-13-8-10-16-15(12-13)14-9-11-21-24-25(14)27(16)17-4-2-5-18-22(17)26(24)23-19(28-18)6-3-7-20(23)29-21/h2-12H,1H3. The highest BCUT2D eigenvalue weighted by molar-refractivity contribution is 7.00. The molecule has 4 heteroatoms. The quantitative estimate of drug-likeness (QED) is 0.374. The minimum absolute atomic E-state index is 0.145. The zero-order valence-corrected chi connectivity index (χ0v) is 15.7. The highest BCUT2D eigenvalue weighted by Crippen LogP contribution is 2.42. The van der Waals surface area contributed by atoms with Gasteiger partial charge in [-0.05, 0) is 66.4 Å². The summed E-state index contributed by atoms with van der Waals surface area (Å²) in [6, 6.07) is 23.6. The third-order valence-electron chi connectivity index (χ3n) is 6.70. The summed E-state index contributed by atoms with van der Waals surface area (Å²) in [5, 5.41) is 2.58. The smallest absolute Gasteiger partial charge is 0.266 e. The van der Waals surface area contributed by atoms with Crippen LogP contribution in [0.25, 0.3) is 27.5 Å². The van der Waals surface area contributed by atoms with Gasteiger partial charge < -0.3 is 14.0 Å². The summed E-state index contributed by atoms with van der Waals surface area (Å²) in [6.45, 7) is 2.30. The van der Waals surface area contributed by atoms with Crippen LogP contribution in [0.5, 0.6) is 23.0 Å². The first-order valence-electron chi connectivity index (χ1n) is 9.99. The molecule has 3 aliphatic heterocycles. The van der Waals surface area contributed by atoms with Crippen LogP contribution in [0.3, 0.4) is 0 Å². The average molecular weight is 371 g/mol. The molecule has 4 aromatic carbocycles. The van der Waals surface area contributed by atoms with Gasteiger partial charge in [0.15, 0.2) is 0 Å². The molecule has 5 aromatic rings. The number of benzene rings is 4. The second kappa shape index (κ2) is 4.49. The van der Waals surface area contributed by atoms with Gasteiger partial charge in [-0.15, -0.1) is 0 Å². The summed E-state index contributed by atoms with van der Waals surface area (Å²) in [6.07, 6.45) is 0. The molecule has 0 atom stereocenters. The lowest BCUT2D eigenvalue weighted by molar-refractivity contribution is 0.464. The lowest BCUT2D eigenvalue weighted by Gasteiger charge is -2.37. The zero-order valence-electron chi connectivity index (χ0n) is 15.7. The molecule has 0 amide bonds. The van der Waals surface area contributed by atoms with Crippen molar-refractivity contribution < 1.29 is 9.47 Å². The van der Waals surface area contributed by atoms with E-state index in [9.17, 15) is 0 Å². The summed E-state index contributed by atoms with van der Waals surface area (Å²) in [7, 11) is 0. The average Bonchev–Trinajstić information content (AvgIpc) is 3.07. The maximum Gasteiger partial charge on any atom is 0.266 e. The predicted octanol–water partition coefficient (Wildman–Crippen LogP) is 4.13. The monoisotopic (exact) mass is 371 g/mol. The van der Waals surface area contributed by atoms with Crippen LogP contribution in [-0.4, -0.2) is 11.3 Å². The van der Waals surface area contributed by atoms with Crippen LogP contribution >= 0.6 is 0 Å². The Bertz CT molecular complexity index is 1570. The van der Waals surface area contributed by atoms with Crippen LogP contribution in [-0.2, 0) is 0 Å². The van der Waals surface area contributed by atoms with Crippen LogP contribution < -0.4 is 25.9 Å². The molecular weight excluding hydrogens is 357 g/mol. The molecule has 0 saturated heterocycles. The van der Waals surface area contributed by atoms with Gasteiger partial charge in [-0.1, -0.05) is 23.8 Å². The molecule has 1 aromatic heterocycles. The number of hydrogen-bond donors (Lipinski definition) is 0. The number of hydrogen-bond acceptors (Lipinski definition) is 2. The van der Waals surface area contributed by atoms with E-state index in [-0.39, 0.29) is 6.71 Å². The Hall–Kier alpha value is -3.66. The molecular formula is C25H14BNO2. The van der Waals surface area contributed by atoms with Gasteiger partial charge in [0, 0.05) is 21.9 Å². The fourth-order valence-electron chi connectivity index (χ4n) is 5.61. The summed E-state index contributed by atoms with van der Waals surface area (Å²) in [5.41, 5.74) is 8.64. The normalized spacial score (nSPS) is 14.2. The van der Waals surface area contributed by atoms with Crippen molar-refractivity contribution in [1.82, 2.24) is 4.57 Å². The lowest BCUT2D eigenvalue weighted by atomic mass is 9.33. The Morgan fingerprint density at radius 3 is 2.24 bits per heavy atom. The lowest BCUT2D eigenvalue weighted by Crippen LogP contribution is -2.60. The molecule has 0 bridgehead atoms. The number of rotatable bonds is 0. The molecule has 4 heterocycles. The van der Waals surface area contributed by atoms with Crippen LogP contribution in [0, 0.1) is 6.92 Å². The third kappa shape index (κ3) is 1.49. The van der Waals surface area contributed by atoms with Crippen molar-refractivity contribution in [3.8, 4) is 28.7 Å². The van der Waals surface area contributed by atoms with E-state index in [4.69, 9.17) is 9.47 Å². The second-order valence-corrected chi connectivity index (χ2v) is 8.22. The number of fused-ring (bicyclic) bond motifs is 4. The van der Waals surface area contributed by atoms with Crippen LogP contribution in [0.4, 0.5) is 0 Å². The van der Waals surface area contributed by atoms with E-state index < -0.39 is 0 Å². The van der Waals surface area contributed by atoms with E-state index in [2.05, 4.69) is 72.2 Å². The maximum absolute atomic E-state index is 6.40. The Morgan fingerprint density at radius 2 is 1.41 bits per heavy atom. The first-order chi connectivity index (χ1) is 14.3. The van der Waals surface area contributed by atoms with Crippen molar-refractivity contribution in [2.45, 2.75) is 6.92 Å². The van der Waals surface area contributed by atoms with Gasteiger partial charge >= 0.3 is 0 Å². The van der Waals surface area contributed by atoms with Gasteiger partial charge in [-0.25, -0.2) is 0 Å². The molecule has 29 heavy (non-hydrogen) atoms. The van der Waals surface area contributed by atoms with Crippen LogP contribution in [0.15, 0.2) is 66.7 Å². The largest absolute Gasteiger partial charge is 0.458 e. The fraction of sp³-hybridized carbons (Fsp3) is 0.0400. The molecule has 134 valence electrons. The molecule has 0 radical (unpaired) electrons. The summed E-state index contributed by atoms with van der Waals surface area (Å²) in [5.74, 6) is 3.71. The van der Waals surface area contributed by atoms with Crippen molar-refractivity contribution >= 4 is 44.9 Å². The van der Waals surface area contributed by atoms with Gasteiger partial charge in [-0.3, -0.25) is 0 Å². The van der Waals surface area contributed by atoms with E-state index in [1.165, 1.54) is 44.0 Å². The Morgan fingerprint density at radius 1 is 0.690 bits per heavy atom. The number of nitrogens with zero attached hydrogens (tertiary/aromatic N) is 1. The SMILES string of the molecule is Cc1ccc2c(c1)c1ccc3c4c1n2-c1cccc2c1B4c1c(cccc1O3)O2. The van der Waals surface area contributed by atoms with Crippen molar-refractivity contribution in [3.63, 3.8) is 0 Å². The molecule has 8 rings (SSSR count). The fourth-order valence-corrected chi connectivity index (χ4v) is 5.61. The van der Waals surface area contributed by atoms with Gasteiger partial charge in [-0.2, -0.15) is 0 Å². The van der Waals surface area contributed by atoms with Crippen molar-refractivity contribution in [2.24, 2.45) is 0 Å². The van der Waals surface area contributed by atoms with E-state index >= 15 is 0 Å². The molecule has 3 nitrogen and oxygen atoms in total. The van der Waals surface area contributed by atoms with E-state index in [0.717, 1.165) is 28.5 Å². The van der Waals surface area contributed by atoms with E-state index in [1.54, 1.807) is 0 Å². The molecule has 0 N–H and O–H groups in total. The summed E-state index contributed by atoms with van der Waals surface area (Å²) >= 11 is 0. The highest BCUT2D eigenvalue weighted by Gasteiger charge is 2.45. The van der Waals surface area contributed by atoms with E-state index in [0.29, 0.717) is 0 Å². The summed E-state index contributed by atoms with van der Waals surface area (Å²) in [4.78, 5) is 0.